The molecule has 1 amide bonds. The van der Waals surface area contributed by atoms with E-state index in [2.05, 4.69) is 89.7 Å². The van der Waals surface area contributed by atoms with Crippen LogP contribution in [0.3, 0.4) is 0 Å². The van der Waals surface area contributed by atoms with E-state index in [1.54, 1.807) is 0 Å². The smallest absolute Gasteiger partial charge is 0.311 e. The van der Waals surface area contributed by atoms with Gasteiger partial charge in [0.25, 0.3) is 0 Å². The van der Waals surface area contributed by atoms with E-state index in [0.29, 0.717) is 32.4 Å². The molecule has 125 heavy (non-hydrogen) atoms. The average Bonchev–Trinajstić information content (AvgIpc) is 0.870. The molecule has 0 aromatic carbocycles. The molecule has 0 aromatic heterocycles. The first kappa shape index (κ1) is 122. The predicted octanol–water partition coefficient (Wildman–Crippen LogP) is 32.2. The molecule has 0 saturated heterocycles. The van der Waals surface area contributed by atoms with E-state index in [4.69, 9.17) is 18.9 Å². The molecule has 14 nitrogen and oxygen atoms in total. The summed E-state index contributed by atoms with van der Waals surface area (Å²) in [5.74, 6) is -0.569. The molecule has 740 valence electrons. The Hall–Kier alpha value is -3.10. The summed E-state index contributed by atoms with van der Waals surface area (Å²) in [6.45, 7) is 29.5. The van der Waals surface area contributed by atoms with Gasteiger partial charge < -0.3 is 44.2 Å². The lowest BCUT2D eigenvalue weighted by atomic mass is 9.86. The average molecular weight is 1770 g/mol. The van der Waals surface area contributed by atoms with E-state index >= 15 is 0 Å². The Morgan fingerprint density at radius 2 is 0.496 bits per heavy atom. The van der Waals surface area contributed by atoms with E-state index < -0.39 is 11.3 Å². The van der Waals surface area contributed by atoms with Gasteiger partial charge in [0.2, 0.25) is 5.91 Å². The van der Waals surface area contributed by atoms with Crippen LogP contribution in [-0.2, 0) is 47.7 Å². The largest absolute Gasteiger partial charge is 0.462 e. The minimum Gasteiger partial charge on any atom is -0.462 e. The van der Waals surface area contributed by atoms with Gasteiger partial charge in [-0.25, -0.2) is 0 Å². The highest BCUT2D eigenvalue weighted by Crippen LogP contribution is 2.30. The summed E-state index contributed by atoms with van der Waals surface area (Å²) >= 11 is 0. The fourth-order valence-corrected chi connectivity index (χ4v) is 18.1. The van der Waals surface area contributed by atoms with Crippen LogP contribution in [0, 0.1) is 11.3 Å². The highest BCUT2D eigenvalue weighted by atomic mass is 16.6. The predicted molar refractivity (Wildman–Crippen MR) is 536 cm³/mol. The minimum absolute atomic E-state index is 0.00931. The molecule has 0 fully saturated rings. The van der Waals surface area contributed by atoms with E-state index in [0.717, 1.165) is 283 Å². The fraction of sp³-hybridized carbons (Fsp3) is 0.946. The van der Waals surface area contributed by atoms with Crippen molar-refractivity contribution in [3.8, 4) is 0 Å². The zero-order chi connectivity index (χ0) is 91.3. The molecular weight excluding hydrogens is 1550 g/mol. The zero-order valence-electron chi connectivity index (χ0n) is 85.4. The number of carbonyl (C=O) groups is 6. The molecule has 0 aliphatic rings. The zero-order valence-corrected chi connectivity index (χ0v) is 85.4. The first-order valence-corrected chi connectivity index (χ1v) is 55.8. The van der Waals surface area contributed by atoms with Crippen molar-refractivity contribution >= 4 is 36.1 Å². The van der Waals surface area contributed by atoms with Crippen molar-refractivity contribution in [3.63, 3.8) is 0 Å². The Bertz CT molecular complexity index is 2180. The van der Waals surface area contributed by atoms with Crippen LogP contribution in [0.1, 0.15) is 583 Å². The van der Waals surface area contributed by atoms with Crippen molar-refractivity contribution < 1.29 is 47.7 Å². The van der Waals surface area contributed by atoms with E-state index in [1.165, 1.54) is 257 Å². The first-order valence-electron chi connectivity index (χ1n) is 55.8. The van der Waals surface area contributed by atoms with Gasteiger partial charge in [-0.15, -0.1) is 0 Å². The van der Waals surface area contributed by atoms with Gasteiger partial charge in [0.15, 0.2) is 0 Å². The summed E-state index contributed by atoms with van der Waals surface area (Å²) in [6.07, 6.45) is 91.4. The van der Waals surface area contributed by atoms with Crippen molar-refractivity contribution in [1.29, 1.82) is 0 Å². The molecule has 2 N–H and O–H groups in total. The molecule has 0 bridgehead atoms. The number of nitrogens with zero attached hydrogens (tertiary/aromatic N) is 2. The number of hydrogen-bond donors (Lipinski definition) is 2. The van der Waals surface area contributed by atoms with Crippen LogP contribution in [0.2, 0.25) is 0 Å². The normalized spacial score (nSPS) is 12.2. The van der Waals surface area contributed by atoms with E-state index in [-0.39, 0.29) is 60.6 Å². The number of amides is 1. The molecular formula is C111H216N4O10. The maximum absolute atomic E-state index is 13.9. The van der Waals surface area contributed by atoms with Crippen LogP contribution in [0.15, 0.2) is 0 Å². The monoisotopic (exact) mass is 1770 g/mol. The second-order valence-electron chi connectivity index (χ2n) is 39.8. The number of carbonyl (C=O) groups excluding carboxylic acids is 6. The van der Waals surface area contributed by atoms with E-state index in [9.17, 15) is 28.8 Å². The van der Waals surface area contributed by atoms with Crippen LogP contribution in [0.5, 0.6) is 0 Å². The summed E-state index contributed by atoms with van der Waals surface area (Å²) in [4.78, 5) is 85.1. The lowest BCUT2D eigenvalue weighted by Gasteiger charge is -2.27. The molecule has 0 spiro atoms. The highest BCUT2D eigenvalue weighted by molar-refractivity contribution is 5.79. The van der Waals surface area contributed by atoms with Gasteiger partial charge in [0, 0.05) is 64.3 Å². The number of esters is 4. The maximum Gasteiger partial charge on any atom is 0.311 e. The van der Waals surface area contributed by atoms with Crippen molar-refractivity contribution in [1.82, 2.24) is 20.4 Å². The Morgan fingerprint density at radius 3 is 0.760 bits per heavy atom. The highest BCUT2D eigenvalue weighted by Gasteiger charge is 2.31. The second-order valence-corrected chi connectivity index (χ2v) is 39.8. The third-order valence-corrected chi connectivity index (χ3v) is 26.8. The minimum atomic E-state index is -0.520. The van der Waals surface area contributed by atoms with Gasteiger partial charge in [0.1, 0.15) is 30.7 Å². The molecule has 0 saturated carbocycles. The number of unbranched alkanes of at least 4 members (excludes halogenated alkanes) is 55. The van der Waals surface area contributed by atoms with Crippen molar-refractivity contribution in [2.75, 3.05) is 58.9 Å². The molecule has 1 atom stereocenters. The fourth-order valence-electron chi connectivity index (χ4n) is 18.1. The van der Waals surface area contributed by atoms with Crippen LogP contribution >= 0.6 is 0 Å². The van der Waals surface area contributed by atoms with Crippen molar-refractivity contribution in [2.24, 2.45) is 11.3 Å². The molecule has 0 radical (unpaired) electrons. The Balaban J connectivity index is 5.98. The molecule has 14 heteroatoms. The molecule has 1 unspecified atom stereocenters. The molecule has 0 aromatic rings. The quantitative estimate of drug-likeness (QED) is 0.0255. The standard InChI is InChI=1S/C111H216N4O10/c1-11-19-27-35-46-62-78-102(79-63-47-36-28-20-12-2)122-107(118)86-70-54-43-58-74-92-114(93-75-59-44-55-71-87-108(119)123-103(80-64-48-37-29-21-13-3)81-65-49-38-30-22-14-4)96-90-112-99-101(100-116)98-106(117)113-91-97-115(94-76-60-45-56-72-88-109(120)124-104(82-66-50-39-31-23-15-5)83-67-51-40-32-24-16-6)95-77-61-57-73-89-111(9,10)110(121)125-105(84-68-52-41-33-25-17-7)85-69-53-42-34-26-18-8/h100-105,112H,11-99H2,1-10H3,(H,113,117). The molecule has 0 rings (SSSR count). The number of rotatable bonds is 103. The first-order chi connectivity index (χ1) is 61.1. The summed E-state index contributed by atoms with van der Waals surface area (Å²) < 4.78 is 25.0. The van der Waals surface area contributed by atoms with Crippen molar-refractivity contribution in [3.05, 3.63) is 0 Å². The lowest BCUT2D eigenvalue weighted by molar-refractivity contribution is -0.161. The van der Waals surface area contributed by atoms with Gasteiger partial charge in [0.05, 0.1) is 5.41 Å². The summed E-state index contributed by atoms with van der Waals surface area (Å²) in [5, 5.41) is 6.80. The Labute approximate surface area is 777 Å². The van der Waals surface area contributed by atoms with Gasteiger partial charge >= 0.3 is 23.9 Å². The number of aldehydes is 1. The summed E-state index contributed by atoms with van der Waals surface area (Å²) in [7, 11) is 0. The lowest BCUT2D eigenvalue weighted by Crippen LogP contribution is -2.38. The third kappa shape index (κ3) is 84.9. The molecule has 0 aliphatic carbocycles. The van der Waals surface area contributed by atoms with Gasteiger partial charge in [-0.3, -0.25) is 24.0 Å². The van der Waals surface area contributed by atoms with E-state index in [1.807, 2.05) is 0 Å². The second kappa shape index (κ2) is 95.5. The van der Waals surface area contributed by atoms with Gasteiger partial charge in [-0.1, -0.05) is 389 Å². The molecule has 0 aliphatic heterocycles. The number of nitrogens with one attached hydrogen (secondary N) is 2. The number of ether oxygens (including phenoxy) is 4. The SMILES string of the molecule is CCCCCCCCC(CCCCCCCC)OC(=O)CCCCCCCN(CCCCCCCC(=O)OC(CCCCCCCC)CCCCCCCC)CCNCC(C=O)CC(=O)NCCN(CCCCCCCC(=O)OC(CCCCCCCC)CCCCCCCC)CCCCCCC(C)(C)C(=O)OC(CCCCCCCC)CCCCCCCC. The summed E-state index contributed by atoms with van der Waals surface area (Å²) in [6, 6.07) is 0. The van der Waals surface area contributed by atoms with Crippen LogP contribution in [0.25, 0.3) is 0 Å². The van der Waals surface area contributed by atoms with Crippen LogP contribution < -0.4 is 10.6 Å². The van der Waals surface area contributed by atoms with Crippen LogP contribution in [0.4, 0.5) is 0 Å². The maximum atomic E-state index is 13.9. The van der Waals surface area contributed by atoms with Gasteiger partial charge in [-0.05, 0) is 194 Å². The topological polar surface area (TPSA) is 170 Å². The Morgan fingerprint density at radius 1 is 0.272 bits per heavy atom. The third-order valence-electron chi connectivity index (χ3n) is 26.8. The number of hydrogen-bond acceptors (Lipinski definition) is 13. The van der Waals surface area contributed by atoms with Crippen LogP contribution in [-0.4, -0.2) is 129 Å². The Kier molecular flexibility index (Phi) is 93.1. The summed E-state index contributed by atoms with van der Waals surface area (Å²) in [5.41, 5.74) is -0.520. The van der Waals surface area contributed by atoms with Crippen molar-refractivity contribution in [2.45, 2.75) is 607 Å². The van der Waals surface area contributed by atoms with Gasteiger partial charge in [-0.2, -0.15) is 0 Å². The molecule has 0 heterocycles.